The Morgan fingerprint density at radius 1 is 1.17 bits per heavy atom. The van der Waals surface area contributed by atoms with Crippen LogP contribution in [0.2, 0.25) is 0 Å². The van der Waals surface area contributed by atoms with Gasteiger partial charge in [0.05, 0.1) is 6.33 Å². The molecule has 0 spiro atoms. The van der Waals surface area contributed by atoms with E-state index in [0.717, 1.165) is 37.1 Å². The molecule has 0 radical (unpaired) electrons. The van der Waals surface area contributed by atoms with Gasteiger partial charge in [0, 0.05) is 37.4 Å². The summed E-state index contributed by atoms with van der Waals surface area (Å²) >= 11 is 0. The topological polar surface area (TPSA) is 54.3 Å². The number of hydrogen-bond donors (Lipinski definition) is 0. The number of nitrogens with zero attached hydrogens (tertiary/aromatic N) is 5. The first-order chi connectivity index (χ1) is 11.5. The largest absolute Gasteiger partial charge is 0.324 e. The Hall–Kier alpha value is -2.11. The highest BCUT2D eigenvalue weighted by Gasteiger charge is 2.30. The Balaban J connectivity index is 1.68. The second kappa shape index (κ2) is 6.79. The van der Waals surface area contributed by atoms with E-state index in [-0.39, 0.29) is 18.1 Å². The third-order valence-corrected chi connectivity index (χ3v) is 4.79. The van der Waals surface area contributed by atoms with Gasteiger partial charge in [0.1, 0.15) is 5.52 Å². The van der Waals surface area contributed by atoms with Crippen molar-refractivity contribution in [2.45, 2.75) is 58.7 Å². The average molecular weight is 329 g/mol. The second-order valence-corrected chi connectivity index (χ2v) is 7.09. The van der Waals surface area contributed by atoms with Crippen LogP contribution in [0.3, 0.4) is 0 Å². The molecule has 24 heavy (non-hydrogen) atoms. The SMILES string of the molecule is CC(C)N(C(=O)N1CCC(n2cnc3cccnc32)CC1)C(C)C. The van der Waals surface area contributed by atoms with Crippen LogP contribution >= 0.6 is 0 Å². The Bertz CT molecular complexity index is 692. The molecule has 0 aromatic carbocycles. The summed E-state index contributed by atoms with van der Waals surface area (Å²) in [6.45, 7) is 9.88. The van der Waals surface area contributed by atoms with Crippen LogP contribution in [-0.2, 0) is 0 Å². The fourth-order valence-electron chi connectivity index (χ4n) is 3.67. The molecule has 0 aliphatic carbocycles. The molecular weight excluding hydrogens is 302 g/mol. The minimum absolute atomic E-state index is 0.159. The molecule has 6 nitrogen and oxygen atoms in total. The van der Waals surface area contributed by atoms with E-state index >= 15 is 0 Å². The summed E-state index contributed by atoms with van der Waals surface area (Å²) in [5.41, 5.74) is 1.87. The molecule has 1 aliphatic heterocycles. The summed E-state index contributed by atoms with van der Waals surface area (Å²) < 4.78 is 2.17. The number of rotatable bonds is 3. The van der Waals surface area contributed by atoms with Gasteiger partial charge >= 0.3 is 6.03 Å². The van der Waals surface area contributed by atoms with Gasteiger partial charge in [-0.25, -0.2) is 14.8 Å². The maximum absolute atomic E-state index is 12.8. The van der Waals surface area contributed by atoms with Crippen LogP contribution in [-0.4, -0.2) is 55.5 Å². The van der Waals surface area contributed by atoms with Crippen LogP contribution in [0.5, 0.6) is 0 Å². The summed E-state index contributed by atoms with van der Waals surface area (Å²) in [5.74, 6) is 0. The van der Waals surface area contributed by atoms with E-state index < -0.39 is 0 Å². The first-order valence-electron chi connectivity index (χ1n) is 8.84. The van der Waals surface area contributed by atoms with Crippen LogP contribution in [0, 0.1) is 0 Å². The predicted octanol–water partition coefficient (Wildman–Crippen LogP) is 3.31. The number of carbonyl (C=O) groups is 1. The lowest BCUT2D eigenvalue weighted by molar-refractivity contribution is 0.110. The summed E-state index contributed by atoms with van der Waals surface area (Å²) in [6.07, 6.45) is 5.58. The molecule has 0 bridgehead atoms. The van der Waals surface area contributed by atoms with Gasteiger partial charge in [-0.3, -0.25) is 0 Å². The normalized spacial score (nSPS) is 16.3. The average Bonchev–Trinajstić information content (AvgIpc) is 2.98. The summed E-state index contributed by atoms with van der Waals surface area (Å²) in [6, 6.07) is 4.86. The number of likely N-dealkylation sites (tertiary alicyclic amines) is 1. The highest BCUT2D eigenvalue weighted by Crippen LogP contribution is 2.26. The molecule has 6 heteroatoms. The zero-order valence-electron chi connectivity index (χ0n) is 15.0. The van der Waals surface area contributed by atoms with Gasteiger partial charge in [0.2, 0.25) is 0 Å². The van der Waals surface area contributed by atoms with E-state index in [1.165, 1.54) is 0 Å². The molecule has 0 unspecified atom stereocenters. The van der Waals surface area contributed by atoms with Gasteiger partial charge < -0.3 is 14.4 Å². The van der Waals surface area contributed by atoms with Gasteiger partial charge in [-0.15, -0.1) is 0 Å². The molecule has 2 amide bonds. The number of amides is 2. The quantitative estimate of drug-likeness (QED) is 0.868. The van der Waals surface area contributed by atoms with Crippen LogP contribution < -0.4 is 0 Å². The van der Waals surface area contributed by atoms with E-state index in [1.807, 2.05) is 34.5 Å². The molecule has 0 N–H and O–H groups in total. The van der Waals surface area contributed by atoms with Crippen molar-refractivity contribution in [3.63, 3.8) is 0 Å². The summed E-state index contributed by atoms with van der Waals surface area (Å²) in [4.78, 5) is 25.7. The number of pyridine rings is 1. The van der Waals surface area contributed by atoms with E-state index in [0.29, 0.717) is 6.04 Å². The molecular formula is C18H27N5O. The van der Waals surface area contributed by atoms with E-state index in [2.05, 4.69) is 42.2 Å². The van der Waals surface area contributed by atoms with Crippen molar-refractivity contribution in [1.29, 1.82) is 0 Å². The maximum atomic E-state index is 12.8. The molecule has 3 heterocycles. The van der Waals surface area contributed by atoms with Gasteiger partial charge in [0.25, 0.3) is 0 Å². The molecule has 3 rings (SSSR count). The Morgan fingerprint density at radius 2 is 1.83 bits per heavy atom. The number of piperidine rings is 1. The number of fused-ring (bicyclic) bond motifs is 1. The van der Waals surface area contributed by atoms with Crippen molar-refractivity contribution in [3.8, 4) is 0 Å². The first-order valence-corrected chi connectivity index (χ1v) is 8.84. The fraction of sp³-hybridized carbons (Fsp3) is 0.611. The number of aromatic nitrogens is 3. The molecule has 2 aromatic rings. The standard InChI is InChI=1S/C18H27N5O/c1-13(2)23(14(3)4)18(24)21-10-7-15(8-11-21)22-12-20-16-6-5-9-19-17(16)22/h5-6,9,12-15H,7-8,10-11H2,1-4H3. The van der Waals surface area contributed by atoms with E-state index in [4.69, 9.17) is 0 Å². The van der Waals surface area contributed by atoms with Crippen molar-refractivity contribution in [2.24, 2.45) is 0 Å². The monoisotopic (exact) mass is 329 g/mol. The van der Waals surface area contributed by atoms with Crippen LogP contribution in [0.25, 0.3) is 11.2 Å². The number of imidazole rings is 1. The minimum Gasteiger partial charge on any atom is -0.324 e. The number of urea groups is 1. The van der Waals surface area contributed by atoms with Crippen molar-refractivity contribution >= 4 is 17.2 Å². The molecule has 1 saturated heterocycles. The lowest BCUT2D eigenvalue weighted by atomic mass is 10.0. The van der Waals surface area contributed by atoms with Crippen molar-refractivity contribution in [1.82, 2.24) is 24.3 Å². The number of hydrogen-bond acceptors (Lipinski definition) is 3. The zero-order valence-corrected chi connectivity index (χ0v) is 15.0. The third-order valence-electron chi connectivity index (χ3n) is 4.79. The van der Waals surface area contributed by atoms with Crippen LogP contribution in [0.1, 0.15) is 46.6 Å². The third kappa shape index (κ3) is 3.09. The van der Waals surface area contributed by atoms with Crippen molar-refractivity contribution in [3.05, 3.63) is 24.7 Å². The van der Waals surface area contributed by atoms with Crippen molar-refractivity contribution < 1.29 is 4.79 Å². The lowest BCUT2D eigenvalue weighted by Crippen LogP contribution is -2.51. The Labute approximate surface area is 143 Å². The molecule has 1 fully saturated rings. The van der Waals surface area contributed by atoms with Crippen molar-refractivity contribution in [2.75, 3.05) is 13.1 Å². The Kier molecular flexibility index (Phi) is 4.73. The first kappa shape index (κ1) is 16.7. The van der Waals surface area contributed by atoms with Gasteiger partial charge in [0.15, 0.2) is 5.65 Å². The molecule has 130 valence electrons. The molecule has 1 aliphatic rings. The Morgan fingerprint density at radius 3 is 2.46 bits per heavy atom. The maximum Gasteiger partial charge on any atom is 0.320 e. The number of carbonyl (C=O) groups excluding carboxylic acids is 1. The summed E-state index contributed by atoms with van der Waals surface area (Å²) in [7, 11) is 0. The highest BCUT2D eigenvalue weighted by atomic mass is 16.2. The minimum atomic E-state index is 0.159. The van der Waals surface area contributed by atoms with Gasteiger partial charge in [-0.2, -0.15) is 0 Å². The smallest absolute Gasteiger partial charge is 0.320 e. The zero-order chi connectivity index (χ0) is 17.3. The molecule has 0 saturated carbocycles. The van der Waals surface area contributed by atoms with Crippen LogP contribution in [0.4, 0.5) is 4.79 Å². The predicted molar refractivity (Wildman–Crippen MR) is 94.9 cm³/mol. The second-order valence-electron chi connectivity index (χ2n) is 7.09. The van der Waals surface area contributed by atoms with Gasteiger partial charge in [-0.1, -0.05) is 0 Å². The molecule has 2 aromatic heterocycles. The van der Waals surface area contributed by atoms with E-state index in [1.54, 1.807) is 0 Å². The van der Waals surface area contributed by atoms with E-state index in [9.17, 15) is 4.79 Å². The van der Waals surface area contributed by atoms with Gasteiger partial charge in [-0.05, 0) is 52.7 Å². The molecule has 0 atom stereocenters. The van der Waals surface area contributed by atoms with Crippen LogP contribution in [0.15, 0.2) is 24.7 Å². The fourth-order valence-corrected chi connectivity index (χ4v) is 3.67. The highest BCUT2D eigenvalue weighted by molar-refractivity contribution is 5.75. The summed E-state index contributed by atoms with van der Waals surface area (Å²) in [5, 5.41) is 0. The lowest BCUT2D eigenvalue weighted by Gasteiger charge is -2.39.